The summed E-state index contributed by atoms with van der Waals surface area (Å²) in [5.74, 6) is 0.00305. The molecule has 94 valence electrons. The largest absolute Gasteiger partial charge is 0.417 e. The topological polar surface area (TPSA) is 102 Å². The second-order valence-corrected chi connectivity index (χ2v) is 4.22. The fraction of sp³-hybridized carbons (Fsp3) is 0. The average molecular weight is 321 g/mol. The molecule has 0 aliphatic carbocycles. The van der Waals surface area contributed by atoms with Crippen LogP contribution in [0.5, 0.6) is 11.8 Å². The SMILES string of the molecule is N#Cc1ccnc(Oc2ccc(Br)cc2[N+](=O)[O-])n1. The number of nitrogens with zero attached hydrogens (tertiary/aromatic N) is 4. The van der Waals surface area contributed by atoms with Crippen molar-refractivity contribution < 1.29 is 9.66 Å². The first-order chi connectivity index (χ1) is 9.10. The van der Waals surface area contributed by atoms with Gasteiger partial charge in [-0.3, -0.25) is 10.1 Å². The molecule has 0 aliphatic rings. The zero-order valence-corrected chi connectivity index (χ0v) is 10.9. The molecule has 0 unspecified atom stereocenters. The number of hydrogen-bond donors (Lipinski definition) is 0. The van der Waals surface area contributed by atoms with Gasteiger partial charge < -0.3 is 4.74 Å². The Morgan fingerprint density at radius 3 is 2.89 bits per heavy atom. The summed E-state index contributed by atoms with van der Waals surface area (Å²) < 4.78 is 5.79. The molecule has 0 N–H and O–H groups in total. The van der Waals surface area contributed by atoms with Crippen molar-refractivity contribution in [3.8, 4) is 17.8 Å². The molecule has 1 aromatic carbocycles. The highest BCUT2D eigenvalue weighted by molar-refractivity contribution is 9.10. The Labute approximate surface area is 115 Å². The van der Waals surface area contributed by atoms with Gasteiger partial charge in [-0.15, -0.1) is 0 Å². The third kappa shape index (κ3) is 3.02. The molecular formula is C11H5BrN4O3. The molecule has 7 nitrogen and oxygen atoms in total. The van der Waals surface area contributed by atoms with Crippen LogP contribution in [0.3, 0.4) is 0 Å². The first-order valence-corrected chi connectivity index (χ1v) is 5.74. The summed E-state index contributed by atoms with van der Waals surface area (Å²) in [6.07, 6.45) is 1.34. The molecule has 8 heteroatoms. The van der Waals surface area contributed by atoms with E-state index < -0.39 is 4.92 Å². The molecule has 1 aromatic heterocycles. The van der Waals surface area contributed by atoms with Gasteiger partial charge in [0.05, 0.1) is 4.92 Å². The van der Waals surface area contributed by atoms with Gasteiger partial charge in [-0.25, -0.2) is 4.98 Å². The second-order valence-electron chi connectivity index (χ2n) is 3.31. The minimum atomic E-state index is -0.575. The fourth-order valence-electron chi connectivity index (χ4n) is 1.27. The number of ether oxygens (including phenoxy) is 1. The monoisotopic (exact) mass is 320 g/mol. The van der Waals surface area contributed by atoms with Crippen LogP contribution in [-0.4, -0.2) is 14.9 Å². The molecule has 0 bridgehead atoms. The van der Waals surface area contributed by atoms with E-state index in [-0.39, 0.29) is 23.1 Å². The van der Waals surface area contributed by atoms with Gasteiger partial charge in [-0.2, -0.15) is 10.2 Å². The molecule has 0 saturated heterocycles. The molecule has 0 atom stereocenters. The van der Waals surface area contributed by atoms with Crippen LogP contribution in [-0.2, 0) is 0 Å². The lowest BCUT2D eigenvalue weighted by Gasteiger charge is -2.04. The van der Waals surface area contributed by atoms with Crippen molar-refractivity contribution in [3.05, 3.63) is 50.7 Å². The van der Waals surface area contributed by atoms with Crippen molar-refractivity contribution in [2.24, 2.45) is 0 Å². The number of aromatic nitrogens is 2. The number of halogens is 1. The van der Waals surface area contributed by atoms with Crippen LogP contribution in [0, 0.1) is 21.4 Å². The van der Waals surface area contributed by atoms with Gasteiger partial charge in [0, 0.05) is 16.7 Å². The van der Waals surface area contributed by atoms with Gasteiger partial charge in [-0.05, 0) is 18.2 Å². The van der Waals surface area contributed by atoms with Gasteiger partial charge in [0.2, 0.25) is 5.75 Å². The van der Waals surface area contributed by atoms with Crippen LogP contribution in [0.4, 0.5) is 5.69 Å². The molecule has 19 heavy (non-hydrogen) atoms. The third-order valence-corrected chi connectivity index (χ3v) is 2.56. The van der Waals surface area contributed by atoms with Gasteiger partial charge >= 0.3 is 11.7 Å². The molecule has 0 fully saturated rings. The summed E-state index contributed by atoms with van der Waals surface area (Å²) in [4.78, 5) is 17.9. The summed E-state index contributed by atoms with van der Waals surface area (Å²) in [5.41, 5.74) is -0.106. The zero-order chi connectivity index (χ0) is 13.8. The number of nitro benzene ring substituents is 1. The minimum absolute atomic E-state index is 0.00305. The van der Waals surface area contributed by atoms with E-state index in [2.05, 4.69) is 25.9 Å². The maximum Gasteiger partial charge on any atom is 0.323 e. The second kappa shape index (κ2) is 5.41. The Bertz CT molecular complexity index is 684. The number of benzene rings is 1. The smallest absolute Gasteiger partial charge is 0.323 e. The van der Waals surface area contributed by atoms with Gasteiger partial charge in [0.1, 0.15) is 11.8 Å². The van der Waals surface area contributed by atoms with Crippen LogP contribution in [0.1, 0.15) is 5.69 Å². The van der Waals surface area contributed by atoms with E-state index in [0.717, 1.165) is 0 Å². The predicted octanol–water partition coefficient (Wildman–Crippen LogP) is 2.81. The van der Waals surface area contributed by atoms with Gasteiger partial charge in [0.25, 0.3) is 0 Å². The first kappa shape index (κ1) is 12.9. The van der Waals surface area contributed by atoms with Crippen molar-refractivity contribution >= 4 is 21.6 Å². The normalized spacial score (nSPS) is 9.68. The van der Waals surface area contributed by atoms with Gasteiger partial charge in [0.15, 0.2) is 0 Å². The van der Waals surface area contributed by atoms with E-state index in [1.165, 1.54) is 24.4 Å². The quantitative estimate of drug-likeness (QED) is 0.636. The van der Waals surface area contributed by atoms with Crippen molar-refractivity contribution in [2.75, 3.05) is 0 Å². The number of nitro groups is 1. The number of hydrogen-bond acceptors (Lipinski definition) is 6. The number of rotatable bonds is 3. The van der Waals surface area contributed by atoms with E-state index in [9.17, 15) is 10.1 Å². The Morgan fingerprint density at radius 2 is 2.21 bits per heavy atom. The van der Waals surface area contributed by atoms with E-state index in [4.69, 9.17) is 10.00 Å². The summed E-state index contributed by atoms with van der Waals surface area (Å²) in [7, 11) is 0. The highest BCUT2D eigenvalue weighted by Crippen LogP contribution is 2.32. The van der Waals surface area contributed by atoms with E-state index in [1.54, 1.807) is 6.07 Å². The summed E-state index contributed by atoms with van der Waals surface area (Å²) in [6.45, 7) is 0. The molecule has 1 heterocycles. The highest BCUT2D eigenvalue weighted by atomic mass is 79.9. The Hall–Kier alpha value is -2.53. The van der Waals surface area contributed by atoms with E-state index in [0.29, 0.717) is 4.47 Å². The summed E-state index contributed by atoms with van der Waals surface area (Å²) >= 11 is 3.14. The van der Waals surface area contributed by atoms with Crippen LogP contribution in [0.2, 0.25) is 0 Å². The van der Waals surface area contributed by atoms with Crippen LogP contribution in [0.25, 0.3) is 0 Å². The Balaban J connectivity index is 2.38. The van der Waals surface area contributed by atoms with Gasteiger partial charge in [-0.1, -0.05) is 15.9 Å². The van der Waals surface area contributed by atoms with Crippen molar-refractivity contribution in [1.29, 1.82) is 5.26 Å². The lowest BCUT2D eigenvalue weighted by atomic mass is 10.3. The predicted molar refractivity (Wildman–Crippen MR) is 67.6 cm³/mol. The molecule has 0 amide bonds. The standard InChI is InChI=1S/C11H5BrN4O3/c12-7-1-2-10(9(5-7)16(17)18)19-11-14-4-3-8(6-13)15-11/h1-5H. The van der Waals surface area contributed by atoms with E-state index >= 15 is 0 Å². The summed E-state index contributed by atoms with van der Waals surface area (Å²) in [6, 6.07) is 7.44. The third-order valence-electron chi connectivity index (χ3n) is 2.07. The molecule has 2 rings (SSSR count). The van der Waals surface area contributed by atoms with Crippen molar-refractivity contribution in [3.63, 3.8) is 0 Å². The number of nitriles is 1. The lowest BCUT2D eigenvalue weighted by molar-refractivity contribution is -0.385. The molecule has 0 radical (unpaired) electrons. The van der Waals surface area contributed by atoms with Crippen molar-refractivity contribution in [2.45, 2.75) is 0 Å². The maximum atomic E-state index is 10.9. The molecule has 0 aliphatic heterocycles. The minimum Gasteiger partial charge on any atom is -0.417 e. The maximum absolute atomic E-state index is 10.9. The first-order valence-electron chi connectivity index (χ1n) is 4.95. The van der Waals surface area contributed by atoms with Crippen LogP contribution < -0.4 is 4.74 Å². The molecular weight excluding hydrogens is 316 g/mol. The molecule has 0 spiro atoms. The average Bonchev–Trinajstić information content (AvgIpc) is 2.41. The summed E-state index contributed by atoms with van der Waals surface area (Å²) in [5, 5.41) is 19.6. The van der Waals surface area contributed by atoms with Crippen LogP contribution >= 0.6 is 15.9 Å². The van der Waals surface area contributed by atoms with Crippen molar-refractivity contribution in [1.82, 2.24) is 9.97 Å². The van der Waals surface area contributed by atoms with E-state index in [1.807, 2.05) is 6.07 Å². The highest BCUT2D eigenvalue weighted by Gasteiger charge is 2.17. The van der Waals surface area contributed by atoms with Crippen LogP contribution in [0.15, 0.2) is 34.9 Å². The fourth-order valence-corrected chi connectivity index (χ4v) is 1.62. The molecule has 0 saturated carbocycles. The molecule has 2 aromatic rings. The Morgan fingerprint density at radius 1 is 1.42 bits per heavy atom. The lowest BCUT2D eigenvalue weighted by Crippen LogP contribution is -1.97. The zero-order valence-electron chi connectivity index (χ0n) is 9.28. The Kier molecular flexibility index (Phi) is 3.68.